The fraction of sp³-hybridized carbons (Fsp3) is 0.0952. The Bertz CT molecular complexity index is 1050. The fourth-order valence-electron chi connectivity index (χ4n) is 2.64. The SMILES string of the molecule is Cc1ccc(Cc2cnc(NC(=O)c3ccc(-c4cccnc4)o3)s2)cc1. The number of benzene rings is 1. The number of carbonyl (C=O) groups is 1. The molecule has 27 heavy (non-hydrogen) atoms. The van der Waals surface area contributed by atoms with Gasteiger partial charge in [-0.1, -0.05) is 29.8 Å². The minimum absolute atomic E-state index is 0.240. The van der Waals surface area contributed by atoms with Gasteiger partial charge in [-0.05, 0) is 36.8 Å². The predicted octanol–water partition coefficient (Wildman–Crippen LogP) is 4.95. The number of furan rings is 1. The second kappa shape index (κ2) is 7.55. The second-order valence-corrected chi connectivity index (χ2v) is 7.27. The molecule has 5 nitrogen and oxygen atoms in total. The van der Waals surface area contributed by atoms with Crippen LogP contribution in [0.3, 0.4) is 0 Å². The summed E-state index contributed by atoms with van der Waals surface area (Å²) in [6.45, 7) is 2.07. The summed E-state index contributed by atoms with van der Waals surface area (Å²) in [7, 11) is 0. The summed E-state index contributed by atoms with van der Waals surface area (Å²) in [4.78, 5) is 21.8. The van der Waals surface area contributed by atoms with E-state index in [1.54, 1.807) is 30.7 Å². The molecule has 4 rings (SSSR count). The van der Waals surface area contributed by atoms with Gasteiger partial charge in [-0.2, -0.15) is 0 Å². The van der Waals surface area contributed by atoms with Crippen molar-refractivity contribution in [1.82, 2.24) is 9.97 Å². The number of rotatable bonds is 5. The molecule has 0 saturated carbocycles. The highest BCUT2D eigenvalue weighted by molar-refractivity contribution is 7.15. The highest BCUT2D eigenvalue weighted by Gasteiger charge is 2.14. The Hall–Kier alpha value is -3.25. The number of aryl methyl sites for hydroxylation is 1. The molecule has 0 atom stereocenters. The number of nitrogens with one attached hydrogen (secondary N) is 1. The molecule has 0 unspecified atom stereocenters. The molecule has 1 amide bonds. The van der Waals surface area contributed by atoms with Crippen LogP contribution < -0.4 is 5.32 Å². The number of aromatic nitrogens is 2. The first-order chi connectivity index (χ1) is 13.2. The molecule has 0 radical (unpaired) electrons. The molecule has 1 N–H and O–H groups in total. The zero-order valence-electron chi connectivity index (χ0n) is 14.7. The van der Waals surface area contributed by atoms with Gasteiger partial charge in [0.1, 0.15) is 5.76 Å². The van der Waals surface area contributed by atoms with E-state index in [1.165, 1.54) is 22.5 Å². The fourth-order valence-corrected chi connectivity index (χ4v) is 3.48. The molecule has 0 spiro atoms. The molecule has 0 aliphatic carbocycles. The maximum atomic E-state index is 12.4. The van der Waals surface area contributed by atoms with Crippen LogP contribution in [0.4, 0.5) is 5.13 Å². The predicted molar refractivity (Wildman–Crippen MR) is 106 cm³/mol. The third-order valence-electron chi connectivity index (χ3n) is 4.05. The molecule has 0 aliphatic rings. The lowest BCUT2D eigenvalue weighted by molar-refractivity contribution is 0.0997. The molecule has 0 fully saturated rings. The average Bonchev–Trinajstić information content (AvgIpc) is 3.34. The summed E-state index contributed by atoms with van der Waals surface area (Å²) < 4.78 is 5.64. The summed E-state index contributed by atoms with van der Waals surface area (Å²) in [6.07, 6.45) is 5.97. The van der Waals surface area contributed by atoms with Gasteiger partial charge in [0.25, 0.3) is 5.91 Å². The molecule has 134 valence electrons. The number of hydrogen-bond donors (Lipinski definition) is 1. The monoisotopic (exact) mass is 375 g/mol. The van der Waals surface area contributed by atoms with E-state index in [1.807, 2.05) is 12.1 Å². The lowest BCUT2D eigenvalue weighted by Gasteiger charge is -2.00. The van der Waals surface area contributed by atoms with Crippen molar-refractivity contribution in [3.8, 4) is 11.3 Å². The van der Waals surface area contributed by atoms with Crippen molar-refractivity contribution in [3.05, 3.63) is 88.9 Å². The molecular weight excluding hydrogens is 358 g/mol. The summed E-state index contributed by atoms with van der Waals surface area (Å²) in [6, 6.07) is 15.5. The Morgan fingerprint density at radius 1 is 1.11 bits per heavy atom. The van der Waals surface area contributed by atoms with Crippen LogP contribution in [0.2, 0.25) is 0 Å². The molecule has 6 heteroatoms. The lowest BCUT2D eigenvalue weighted by Crippen LogP contribution is -2.10. The zero-order chi connectivity index (χ0) is 18.6. The van der Waals surface area contributed by atoms with Gasteiger partial charge in [-0.15, -0.1) is 11.3 Å². The van der Waals surface area contributed by atoms with E-state index in [-0.39, 0.29) is 11.7 Å². The summed E-state index contributed by atoms with van der Waals surface area (Å²) >= 11 is 1.46. The van der Waals surface area contributed by atoms with Gasteiger partial charge < -0.3 is 4.42 Å². The van der Waals surface area contributed by atoms with E-state index in [9.17, 15) is 4.79 Å². The summed E-state index contributed by atoms with van der Waals surface area (Å²) in [5.41, 5.74) is 3.28. The number of hydrogen-bond acceptors (Lipinski definition) is 5. The summed E-state index contributed by atoms with van der Waals surface area (Å²) in [5, 5.41) is 3.35. The standard InChI is InChI=1S/C21H17N3O2S/c1-14-4-6-15(7-5-14)11-17-13-23-21(27-17)24-20(25)19-9-8-18(26-19)16-3-2-10-22-12-16/h2-10,12-13H,11H2,1H3,(H,23,24,25). The third-order valence-corrected chi connectivity index (χ3v) is 4.96. The highest BCUT2D eigenvalue weighted by Crippen LogP contribution is 2.24. The van der Waals surface area contributed by atoms with Crippen LogP contribution in [0.5, 0.6) is 0 Å². The number of nitrogens with zero attached hydrogens (tertiary/aromatic N) is 2. The molecule has 3 aromatic heterocycles. The molecule has 3 heterocycles. The van der Waals surface area contributed by atoms with Crippen molar-refractivity contribution in [2.45, 2.75) is 13.3 Å². The maximum absolute atomic E-state index is 12.4. The van der Waals surface area contributed by atoms with Gasteiger partial charge in [0.05, 0.1) is 0 Å². The van der Waals surface area contributed by atoms with Crippen molar-refractivity contribution in [2.75, 3.05) is 5.32 Å². The van der Waals surface area contributed by atoms with Crippen LogP contribution in [0, 0.1) is 6.92 Å². The Morgan fingerprint density at radius 2 is 1.96 bits per heavy atom. The first-order valence-corrected chi connectivity index (χ1v) is 9.31. The van der Waals surface area contributed by atoms with Crippen LogP contribution in [0.1, 0.15) is 26.6 Å². The van der Waals surface area contributed by atoms with Crippen molar-refractivity contribution >= 4 is 22.4 Å². The van der Waals surface area contributed by atoms with E-state index in [4.69, 9.17) is 4.42 Å². The van der Waals surface area contributed by atoms with Crippen LogP contribution >= 0.6 is 11.3 Å². The van der Waals surface area contributed by atoms with Gasteiger partial charge in [0, 0.05) is 35.5 Å². The topological polar surface area (TPSA) is 68.0 Å². The van der Waals surface area contributed by atoms with Gasteiger partial charge >= 0.3 is 0 Å². The molecule has 0 saturated heterocycles. The smallest absolute Gasteiger partial charge is 0.293 e. The Kier molecular flexibility index (Phi) is 4.80. The number of amides is 1. The molecular formula is C21H17N3O2S. The molecule has 4 aromatic rings. The zero-order valence-corrected chi connectivity index (χ0v) is 15.5. The van der Waals surface area contributed by atoms with Crippen molar-refractivity contribution in [2.24, 2.45) is 0 Å². The maximum Gasteiger partial charge on any atom is 0.293 e. The van der Waals surface area contributed by atoms with E-state index >= 15 is 0 Å². The first kappa shape index (κ1) is 17.2. The van der Waals surface area contributed by atoms with Gasteiger partial charge in [0.15, 0.2) is 10.9 Å². The van der Waals surface area contributed by atoms with Gasteiger partial charge in [0.2, 0.25) is 0 Å². The minimum atomic E-state index is -0.318. The highest BCUT2D eigenvalue weighted by atomic mass is 32.1. The Morgan fingerprint density at radius 3 is 2.74 bits per heavy atom. The molecule has 1 aromatic carbocycles. The quantitative estimate of drug-likeness (QED) is 0.536. The molecule has 0 aliphatic heterocycles. The Labute approximate surface area is 160 Å². The van der Waals surface area contributed by atoms with Crippen LogP contribution in [-0.2, 0) is 6.42 Å². The van der Waals surface area contributed by atoms with E-state index in [2.05, 4.69) is 46.5 Å². The van der Waals surface area contributed by atoms with Gasteiger partial charge in [-0.25, -0.2) is 4.98 Å². The normalized spacial score (nSPS) is 10.7. The van der Waals surface area contributed by atoms with E-state index in [0.29, 0.717) is 10.9 Å². The third kappa shape index (κ3) is 4.12. The van der Waals surface area contributed by atoms with E-state index < -0.39 is 0 Å². The van der Waals surface area contributed by atoms with E-state index in [0.717, 1.165) is 16.9 Å². The summed E-state index contributed by atoms with van der Waals surface area (Å²) in [5.74, 6) is 0.526. The van der Waals surface area contributed by atoms with Crippen LogP contribution in [-0.4, -0.2) is 15.9 Å². The number of anilines is 1. The van der Waals surface area contributed by atoms with Crippen LogP contribution in [0.25, 0.3) is 11.3 Å². The lowest BCUT2D eigenvalue weighted by atomic mass is 10.1. The number of carbonyl (C=O) groups excluding carboxylic acids is 1. The van der Waals surface area contributed by atoms with Gasteiger partial charge in [-0.3, -0.25) is 15.1 Å². The minimum Gasteiger partial charge on any atom is -0.451 e. The number of pyridine rings is 1. The van der Waals surface area contributed by atoms with Crippen molar-refractivity contribution < 1.29 is 9.21 Å². The molecule has 0 bridgehead atoms. The number of thiazole rings is 1. The average molecular weight is 375 g/mol. The van der Waals surface area contributed by atoms with Crippen molar-refractivity contribution in [3.63, 3.8) is 0 Å². The van der Waals surface area contributed by atoms with Crippen molar-refractivity contribution in [1.29, 1.82) is 0 Å². The Balaban J connectivity index is 1.42. The largest absolute Gasteiger partial charge is 0.451 e. The van der Waals surface area contributed by atoms with Crippen LogP contribution in [0.15, 0.2) is 71.5 Å². The first-order valence-electron chi connectivity index (χ1n) is 8.49. The second-order valence-electron chi connectivity index (χ2n) is 6.15.